The van der Waals surface area contributed by atoms with Crippen LogP contribution in [0.25, 0.3) is 0 Å². The zero-order valence-corrected chi connectivity index (χ0v) is 17.3. The Morgan fingerprint density at radius 1 is 1.00 bits per heavy atom. The standard InChI is InChI=1S/C23H17BrF2N2O2/c24-16-9-5-14(6-10-16)19-13-20-18-3-1-2-4-21(18)30-22(28(20)27-19)15-7-11-17(12-8-15)29-23(25)26/h1-12,20,22-23H,13H2/t20-,22-/m1/s1. The monoisotopic (exact) mass is 470 g/mol. The van der Waals surface area contributed by atoms with Crippen molar-refractivity contribution >= 4 is 21.6 Å². The molecule has 3 aromatic carbocycles. The summed E-state index contributed by atoms with van der Waals surface area (Å²) >= 11 is 3.47. The van der Waals surface area contributed by atoms with E-state index in [1.165, 1.54) is 12.1 Å². The van der Waals surface area contributed by atoms with Crippen molar-refractivity contribution in [3.8, 4) is 11.5 Å². The third-order valence-electron chi connectivity index (χ3n) is 5.27. The van der Waals surface area contributed by atoms with Crippen LogP contribution in [0.1, 0.15) is 35.4 Å². The van der Waals surface area contributed by atoms with Crippen LogP contribution < -0.4 is 9.47 Å². The zero-order valence-electron chi connectivity index (χ0n) is 15.7. The number of fused-ring (bicyclic) bond motifs is 3. The number of alkyl halides is 2. The van der Waals surface area contributed by atoms with Crippen LogP contribution in [-0.4, -0.2) is 17.3 Å². The molecule has 2 aliphatic rings. The first-order valence-electron chi connectivity index (χ1n) is 9.50. The molecule has 30 heavy (non-hydrogen) atoms. The molecule has 2 atom stereocenters. The predicted octanol–water partition coefficient (Wildman–Crippen LogP) is 6.29. The molecule has 0 bridgehead atoms. The zero-order chi connectivity index (χ0) is 20.7. The van der Waals surface area contributed by atoms with Gasteiger partial charge < -0.3 is 9.47 Å². The van der Waals surface area contributed by atoms with Crippen LogP contribution in [0, 0.1) is 0 Å². The van der Waals surface area contributed by atoms with E-state index in [9.17, 15) is 8.78 Å². The number of hydrogen-bond acceptors (Lipinski definition) is 4. The Hall–Kier alpha value is -2.93. The van der Waals surface area contributed by atoms with Gasteiger partial charge in [0.05, 0.1) is 11.8 Å². The lowest BCUT2D eigenvalue weighted by Gasteiger charge is -2.38. The topological polar surface area (TPSA) is 34.1 Å². The molecule has 0 radical (unpaired) electrons. The summed E-state index contributed by atoms with van der Waals surface area (Å²) in [4.78, 5) is 0. The highest BCUT2D eigenvalue weighted by atomic mass is 79.9. The van der Waals surface area contributed by atoms with Gasteiger partial charge in [0.25, 0.3) is 0 Å². The predicted molar refractivity (Wildman–Crippen MR) is 113 cm³/mol. The van der Waals surface area contributed by atoms with Crippen LogP contribution in [0.3, 0.4) is 0 Å². The molecule has 0 amide bonds. The second-order valence-corrected chi connectivity index (χ2v) is 8.02. The van der Waals surface area contributed by atoms with Gasteiger partial charge in [-0.05, 0) is 48.0 Å². The summed E-state index contributed by atoms with van der Waals surface area (Å²) in [5.74, 6) is 0.922. The molecule has 0 unspecified atom stereocenters. The molecule has 4 nitrogen and oxygen atoms in total. The van der Waals surface area contributed by atoms with Crippen LogP contribution >= 0.6 is 15.9 Å². The molecular formula is C23H17BrF2N2O2. The summed E-state index contributed by atoms with van der Waals surface area (Å²) in [5, 5.41) is 6.86. The lowest BCUT2D eigenvalue weighted by atomic mass is 9.96. The lowest BCUT2D eigenvalue weighted by molar-refractivity contribution is -0.0499. The number of benzene rings is 3. The van der Waals surface area contributed by atoms with E-state index in [1.807, 2.05) is 47.5 Å². The van der Waals surface area contributed by atoms with Gasteiger partial charge in [0.15, 0.2) is 0 Å². The lowest BCUT2D eigenvalue weighted by Crippen LogP contribution is -2.33. The van der Waals surface area contributed by atoms with Gasteiger partial charge in [-0.15, -0.1) is 0 Å². The van der Waals surface area contributed by atoms with E-state index >= 15 is 0 Å². The molecule has 0 aliphatic carbocycles. The van der Waals surface area contributed by atoms with Crippen LogP contribution in [-0.2, 0) is 0 Å². The first-order valence-corrected chi connectivity index (χ1v) is 10.3. The molecule has 0 saturated carbocycles. The number of rotatable bonds is 4. The van der Waals surface area contributed by atoms with Crippen molar-refractivity contribution in [3.63, 3.8) is 0 Å². The molecule has 2 heterocycles. The fourth-order valence-electron chi connectivity index (χ4n) is 3.88. The maximum Gasteiger partial charge on any atom is 0.387 e. The number of para-hydroxylation sites is 1. The summed E-state index contributed by atoms with van der Waals surface area (Å²) in [5.41, 5.74) is 3.94. The smallest absolute Gasteiger partial charge is 0.387 e. The van der Waals surface area contributed by atoms with Crippen molar-refractivity contribution in [2.75, 3.05) is 0 Å². The van der Waals surface area contributed by atoms with E-state index in [1.54, 1.807) is 12.1 Å². The SMILES string of the molecule is FC(F)Oc1ccc([C@H]2Oc3ccccc3[C@H]3CC(c4ccc(Br)cc4)=NN32)cc1. The van der Waals surface area contributed by atoms with Crippen LogP contribution in [0.15, 0.2) is 82.4 Å². The number of ether oxygens (including phenoxy) is 2. The minimum Gasteiger partial charge on any atom is -0.464 e. The summed E-state index contributed by atoms with van der Waals surface area (Å²) in [6, 6.07) is 22.6. The molecular weight excluding hydrogens is 454 g/mol. The first kappa shape index (κ1) is 19.1. The van der Waals surface area contributed by atoms with Gasteiger partial charge in [0.2, 0.25) is 6.23 Å². The quantitative estimate of drug-likeness (QED) is 0.449. The minimum absolute atomic E-state index is 0.0376. The molecule has 5 rings (SSSR count). The summed E-state index contributed by atoms with van der Waals surface area (Å²) in [6.45, 7) is -2.85. The fourth-order valence-corrected chi connectivity index (χ4v) is 4.15. The van der Waals surface area contributed by atoms with Crippen molar-refractivity contribution < 1.29 is 18.3 Å². The number of halogens is 3. The van der Waals surface area contributed by atoms with Crippen LogP contribution in [0.5, 0.6) is 11.5 Å². The summed E-state index contributed by atoms with van der Waals surface area (Å²) in [6.07, 6.45) is 0.295. The maximum absolute atomic E-state index is 12.5. The van der Waals surface area contributed by atoms with E-state index in [0.29, 0.717) is 0 Å². The van der Waals surface area contributed by atoms with Crippen LogP contribution in [0.2, 0.25) is 0 Å². The maximum atomic E-state index is 12.5. The van der Waals surface area contributed by atoms with E-state index in [4.69, 9.17) is 9.84 Å². The average Bonchev–Trinajstić information content (AvgIpc) is 3.20. The Kier molecular flexibility index (Phi) is 4.90. The third kappa shape index (κ3) is 3.54. The Morgan fingerprint density at radius 3 is 2.47 bits per heavy atom. The van der Waals surface area contributed by atoms with E-state index in [2.05, 4.69) is 26.7 Å². The van der Waals surface area contributed by atoms with Crippen LogP contribution in [0.4, 0.5) is 8.78 Å². The Balaban J connectivity index is 1.51. The minimum atomic E-state index is -2.85. The van der Waals surface area contributed by atoms with E-state index in [-0.39, 0.29) is 11.8 Å². The van der Waals surface area contributed by atoms with Crippen molar-refractivity contribution in [2.24, 2.45) is 5.10 Å². The number of hydrazone groups is 1. The number of nitrogens with zero attached hydrogens (tertiary/aromatic N) is 2. The molecule has 0 saturated heterocycles. The Labute approximate surface area is 180 Å². The molecule has 2 aliphatic heterocycles. The van der Waals surface area contributed by atoms with E-state index < -0.39 is 12.8 Å². The van der Waals surface area contributed by atoms with Gasteiger partial charge in [-0.1, -0.05) is 46.3 Å². The highest BCUT2D eigenvalue weighted by Gasteiger charge is 2.40. The van der Waals surface area contributed by atoms with Crippen molar-refractivity contribution in [1.82, 2.24) is 5.01 Å². The molecule has 0 fully saturated rings. The van der Waals surface area contributed by atoms with E-state index in [0.717, 1.165) is 39.0 Å². The second kappa shape index (κ2) is 7.72. The largest absolute Gasteiger partial charge is 0.464 e. The summed E-state index contributed by atoms with van der Waals surface area (Å²) < 4.78 is 36.7. The van der Waals surface area contributed by atoms with Crippen molar-refractivity contribution in [2.45, 2.75) is 25.3 Å². The van der Waals surface area contributed by atoms with Gasteiger partial charge in [-0.3, -0.25) is 0 Å². The third-order valence-corrected chi connectivity index (χ3v) is 5.80. The fraction of sp³-hybridized carbons (Fsp3) is 0.174. The van der Waals surface area contributed by atoms with Gasteiger partial charge in [-0.25, -0.2) is 5.01 Å². The van der Waals surface area contributed by atoms with Gasteiger partial charge in [0, 0.05) is 22.0 Å². The molecule has 0 aromatic heterocycles. The van der Waals surface area contributed by atoms with Crippen molar-refractivity contribution in [1.29, 1.82) is 0 Å². The first-order chi connectivity index (χ1) is 14.6. The molecule has 152 valence electrons. The molecule has 7 heteroatoms. The summed E-state index contributed by atoms with van der Waals surface area (Å²) in [7, 11) is 0. The van der Waals surface area contributed by atoms with Gasteiger partial charge in [-0.2, -0.15) is 13.9 Å². The second-order valence-electron chi connectivity index (χ2n) is 7.11. The Bertz CT molecular complexity index is 1090. The highest BCUT2D eigenvalue weighted by molar-refractivity contribution is 9.10. The number of hydrogen-bond donors (Lipinski definition) is 0. The van der Waals surface area contributed by atoms with Gasteiger partial charge in [0.1, 0.15) is 11.5 Å². The molecule has 0 spiro atoms. The van der Waals surface area contributed by atoms with Crippen molar-refractivity contribution in [3.05, 3.63) is 94.0 Å². The molecule has 3 aromatic rings. The molecule has 0 N–H and O–H groups in total. The van der Waals surface area contributed by atoms with Gasteiger partial charge >= 0.3 is 6.61 Å². The average molecular weight is 471 g/mol. The normalized spacial score (nSPS) is 19.7. The Morgan fingerprint density at radius 2 is 1.73 bits per heavy atom. The highest BCUT2D eigenvalue weighted by Crippen LogP contribution is 2.47.